The summed E-state index contributed by atoms with van der Waals surface area (Å²) >= 11 is 0. The number of halogens is 2. The van der Waals surface area contributed by atoms with Crippen LogP contribution >= 0.6 is 0 Å². The van der Waals surface area contributed by atoms with Gasteiger partial charge in [0.1, 0.15) is 0 Å². The zero-order valence-electron chi connectivity index (χ0n) is 16.4. The van der Waals surface area contributed by atoms with Crippen LogP contribution in [-0.4, -0.2) is 13.0 Å². The lowest BCUT2D eigenvalue weighted by Crippen LogP contribution is -2.25. The van der Waals surface area contributed by atoms with Crippen molar-refractivity contribution in [3.63, 3.8) is 0 Å². The van der Waals surface area contributed by atoms with Gasteiger partial charge in [-0.25, -0.2) is 21.9 Å². The average Bonchev–Trinajstić information content (AvgIpc) is 2.69. The molecule has 0 bridgehead atoms. The predicted molar refractivity (Wildman–Crippen MR) is 109 cm³/mol. The van der Waals surface area contributed by atoms with Crippen molar-refractivity contribution in [2.24, 2.45) is 7.05 Å². The molecule has 0 radical (unpaired) electrons. The molecular weight excluding hydrogens is 398 g/mol. The monoisotopic (exact) mass is 420 g/mol. The fourth-order valence-electron chi connectivity index (χ4n) is 3.07. The maximum absolute atomic E-state index is 14.4. The molecule has 0 saturated carbocycles. The molecule has 0 saturated heterocycles. The third-order valence-corrected chi connectivity index (χ3v) is 6.35. The van der Waals surface area contributed by atoms with Crippen LogP contribution in [0.2, 0.25) is 0 Å². The summed E-state index contributed by atoms with van der Waals surface area (Å²) in [5, 5.41) is 0.0390. The lowest BCUT2D eigenvalue weighted by molar-refractivity contribution is -0.00691. The highest BCUT2D eigenvalue weighted by Crippen LogP contribution is 2.36. The molecule has 8 heteroatoms. The number of nitrogens with zero attached hydrogens (tertiary/aromatic N) is 1. The molecule has 0 atom stereocenters. The fourth-order valence-corrected chi connectivity index (χ4v) is 4.11. The Morgan fingerprint density at radius 1 is 1.07 bits per heavy atom. The number of rotatable bonds is 6. The van der Waals surface area contributed by atoms with Crippen LogP contribution < -0.4 is 10.3 Å². The molecule has 0 spiro atoms. The summed E-state index contributed by atoms with van der Waals surface area (Å²) in [7, 11) is -2.47. The van der Waals surface area contributed by atoms with Gasteiger partial charge in [-0.2, -0.15) is 0 Å². The topological polar surface area (TPSA) is 68.2 Å². The standard InChI is InChI=1S/C21H22F2N2O3S/c1-4-21(22,23)18-12-20(26)25(3)19-10-9-16(11-17(18)19)29(27,28)24-13-15-7-5-14(2)6-8-15/h5-12,24H,4,13H2,1-3H3. The van der Waals surface area contributed by atoms with Gasteiger partial charge in [0.15, 0.2) is 0 Å². The Bertz CT molecular complexity index is 1220. The van der Waals surface area contributed by atoms with E-state index in [1.54, 1.807) is 0 Å². The van der Waals surface area contributed by atoms with Crippen LogP contribution in [0.25, 0.3) is 10.9 Å². The number of aromatic nitrogens is 1. The Kier molecular flexibility index (Phi) is 5.60. The van der Waals surface area contributed by atoms with Crippen LogP contribution in [0, 0.1) is 6.92 Å². The molecule has 1 aromatic heterocycles. The molecule has 3 aromatic rings. The Hall–Kier alpha value is -2.58. The summed E-state index contributed by atoms with van der Waals surface area (Å²) in [4.78, 5) is 11.9. The van der Waals surface area contributed by atoms with Crippen molar-refractivity contribution in [2.45, 2.75) is 37.6 Å². The van der Waals surface area contributed by atoms with Crippen LogP contribution in [-0.2, 0) is 29.5 Å². The number of alkyl halides is 2. The number of pyridine rings is 1. The van der Waals surface area contributed by atoms with Crippen molar-refractivity contribution >= 4 is 20.9 Å². The van der Waals surface area contributed by atoms with Crippen molar-refractivity contribution in [1.29, 1.82) is 0 Å². The van der Waals surface area contributed by atoms with Gasteiger partial charge in [0.25, 0.3) is 11.5 Å². The highest BCUT2D eigenvalue weighted by Gasteiger charge is 2.32. The van der Waals surface area contributed by atoms with Gasteiger partial charge in [0.2, 0.25) is 10.0 Å². The Balaban J connectivity index is 2.05. The number of aryl methyl sites for hydroxylation is 2. The first-order valence-corrected chi connectivity index (χ1v) is 10.6. The number of nitrogens with one attached hydrogen (secondary N) is 1. The first kappa shape index (κ1) is 21.1. The molecule has 154 valence electrons. The van der Waals surface area contributed by atoms with Crippen molar-refractivity contribution in [1.82, 2.24) is 9.29 Å². The van der Waals surface area contributed by atoms with Gasteiger partial charge < -0.3 is 4.57 Å². The van der Waals surface area contributed by atoms with Crippen LogP contribution in [0.4, 0.5) is 8.78 Å². The maximum Gasteiger partial charge on any atom is 0.273 e. The van der Waals surface area contributed by atoms with E-state index in [0.717, 1.165) is 17.2 Å². The summed E-state index contributed by atoms with van der Waals surface area (Å²) in [6.45, 7) is 3.32. The molecule has 3 rings (SSSR count). The average molecular weight is 420 g/mol. The van der Waals surface area contributed by atoms with E-state index in [0.29, 0.717) is 0 Å². The lowest BCUT2D eigenvalue weighted by atomic mass is 10.0. The third kappa shape index (κ3) is 4.23. The van der Waals surface area contributed by atoms with Crippen molar-refractivity contribution in [3.05, 3.63) is 75.6 Å². The first-order chi connectivity index (χ1) is 13.5. The second kappa shape index (κ2) is 7.68. The molecule has 1 N–H and O–H groups in total. The van der Waals surface area contributed by atoms with E-state index >= 15 is 0 Å². The SMILES string of the molecule is CCC(F)(F)c1cc(=O)n(C)c2ccc(S(=O)(=O)NCc3ccc(C)cc3)cc12. The molecule has 0 aliphatic rings. The molecule has 5 nitrogen and oxygen atoms in total. The minimum Gasteiger partial charge on any atom is -0.311 e. The van der Waals surface area contributed by atoms with E-state index in [9.17, 15) is 22.0 Å². The second-order valence-electron chi connectivity index (χ2n) is 7.00. The number of benzene rings is 2. The van der Waals surface area contributed by atoms with E-state index < -0.39 is 33.5 Å². The van der Waals surface area contributed by atoms with Crippen LogP contribution in [0.3, 0.4) is 0 Å². The third-order valence-electron chi connectivity index (χ3n) is 4.95. The van der Waals surface area contributed by atoms with Gasteiger partial charge >= 0.3 is 0 Å². The number of hydrogen-bond acceptors (Lipinski definition) is 3. The largest absolute Gasteiger partial charge is 0.311 e. The van der Waals surface area contributed by atoms with Crippen molar-refractivity contribution < 1.29 is 17.2 Å². The normalized spacial score (nSPS) is 12.4. The minimum atomic E-state index is -3.93. The Morgan fingerprint density at radius 3 is 2.34 bits per heavy atom. The van der Waals surface area contributed by atoms with Gasteiger partial charge in [-0.15, -0.1) is 0 Å². The van der Waals surface area contributed by atoms with Gasteiger partial charge in [-0.3, -0.25) is 4.79 Å². The summed E-state index contributed by atoms with van der Waals surface area (Å²) in [6, 6.07) is 12.1. The molecule has 29 heavy (non-hydrogen) atoms. The molecule has 0 amide bonds. The van der Waals surface area contributed by atoms with Crippen LogP contribution in [0.5, 0.6) is 0 Å². The zero-order chi connectivity index (χ0) is 21.4. The maximum atomic E-state index is 14.4. The van der Waals surface area contributed by atoms with Gasteiger partial charge in [0, 0.05) is 37.0 Å². The van der Waals surface area contributed by atoms with Crippen LogP contribution in [0.15, 0.2) is 58.2 Å². The van der Waals surface area contributed by atoms with Crippen molar-refractivity contribution in [2.75, 3.05) is 0 Å². The molecule has 0 unspecified atom stereocenters. The second-order valence-corrected chi connectivity index (χ2v) is 8.77. The molecule has 1 heterocycles. The van der Waals surface area contributed by atoms with E-state index in [1.165, 1.54) is 36.7 Å². The quantitative estimate of drug-likeness (QED) is 0.659. The van der Waals surface area contributed by atoms with E-state index in [2.05, 4.69) is 4.72 Å². The fraction of sp³-hybridized carbons (Fsp3) is 0.286. The van der Waals surface area contributed by atoms with E-state index in [4.69, 9.17) is 0 Å². The van der Waals surface area contributed by atoms with Gasteiger partial charge in [0.05, 0.1) is 10.4 Å². The highest BCUT2D eigenvalue weighted by atomic mass is 32.2. The Morgan fingerprint density at radius 2 is 1.72 bits per heavy atom. The molecule has 0 aliphatic heterocycles. The summed E-state index contributed by atoms with van der Waals surface area (Å²) in [5.41, 5.74) is 1.04. The lowest BCUT2D eigenvalue weighted by Gasteiger charge is -2.18. The number of sulfonamides is 1. The summed E-state index contributed by atoms with van der Waals surface area (Å²) in [5.74, 6) is -3.25. The molecule has 0 aliphatic carbocycles. The summed E-state index contributed by atoms with van der Waals surface area (Å²) in [6.07, 6.45) is -0.502. The minimum absolute atomic E-state index is 0.0390. The molecular formula is C21H22F2N2O3S. The van der Waals surface area contributed by atoms with Crippen molar-refractivity contribution in [3.8, 4) is 0 Å². The molecule has 0 fully saturated rings. The number of fused-ring (bicyclic) bond motifs is 1. The summed E-state index contributed by atoms with van der Waals surface area (Å²) < 4.78 is 58.1. The molecule has 2 aromatic carbocycles. The smallest absolute Gasteiger partial charge is 0.273 e. The van der Waals surface area contributed by atoms with Crippen LogP contribution in [0.1, 0.15) is 30.0 Å². The predicted octanol–water partition coefficient (Wildman–Crippen LogP) is 3.83. The van der Waals surface area contributed by atoms with Gasteiger partial charge in [-0.05, 0) is 30.7 Å². The van der Waals surface area contributed by atoms with E-state index in [-0.39, 0.29) is 22.3 Å². The Labute approximate surface area is 168 Å². The first-order valence-electron chi connectivity index (χ1n) is 9.12. The highest BCUT2D eigenvalue weighted by molar-refractivity contribution is 7.89. The number of hydrogen-bond donors (Lipinski definition) is 1. The van der Waals surface area contributed by atoms with Gasteiger partial charge in [-0.1, -0.05) is 36.8 Å². The van der Waals surface area contributed by atoms with E-state index in [1.807, 2.05) is 31.2 Å². The zero-order valence-corrected chi connectivity index (χ0v) is 17.2.